The van der Waals surface area contributed by atoms with Gasteiger partial charge in [-0.15, -0.1) is 11.8 Å². The second-order valence-corrected chi connectivity index (χ2v) is 7.12. The summed E-state index contributed by atoms with van der Waals surface area (Å²) in [6.07, 6.45) is 0. The Labute approximate surface area is 157 Å². The van der Waals surface area contributed by atoms with Gasteiger partial charge >= 0.3 is 5.97 Å². The molecule has 138 valence electrons. The first-order chi connectivity index (χ1) is 12.3. The Morgan fingerprint density at radius 3 is 2.50 bits per heavy atom. The number of carbonyl (C=O) groups is 2. The van der Waals surface area contributed by atoms with E-state index in [-0.39, 0.29) is 18.6 Å². The lowest BCUT2D eigenvalue weighted by molar-refractivity contribution is -0.139. The van der Waals surface area contributed by atoms with Crippen LogP contribution in [0.25, 0.3) is 0 Å². The molecule has 0 radical (unpaired) electrons. The van der Waals surface area contributed by atoms with Gasteiger partial charge in [0.1, 0.15) is 5.75 Å². The van der Waals surface area contributed by atoms with Gasteiger partial charge in [-0.25, -0.2) is 4.79 Å². The van der Waals surface area contributed by atoms with Crippen LogP contribution in [0.3, 0.4) is 0 Å². The lowest BCUT2D eigenvalue weighted by Crippen LogP contribution is -2.28. The normalized spacial score (nSPS) is 11.7. The molecule has 2 N–H and O–H groups in total. The number of amides is 1. The van der Waals surface area contributed by atoms with E-state index in [2.05, 4.69) is 23.5 Å². The van der Waals surface area contributed by atoms with Crippen LogP contribution < -0.4 is 10.1 Å². The van der Waals surface area contributed by atoms with E-state index in [9.17, 15) is 9.59 Å². The summed E-state index contributed by atoms with van der Waals surface area (Å²) in [5.74, 6) is -0.208. The largest absolute Gasteiger partial charge is 0.482 e. The molecule has 0 aliphatic heterocycles. The number of hydrogen-bond acceptors (Lipinski definition) is 4. The van der Waals surface area contributed by atoms with Crippen LogP contribution in [-0.2, 0) is 9.59 Å². The SMILES string of the molecule is Cc1ccc(C)c(SCC(=O)NC(C)c2ccc(OCC(=O)O)cc2)c1. The molecule has 0 bridgehead atoms. The number of nitrogens with one attached hydrogen (secondary N) is 1. The second kappa shape index (κ2) is 9.29. The number of hydrogen-bond donors (Lipinski definition) is 2. The van der Waals surface area contributed by atoms with E-state index >= 15 is 0 Å². The number of carboxylic acids is 1. The molecule has 0 spiro atoms. The number of aryl methyl sites for hydroxylation is 2. The molecule has 26 heavy (non-hydrogen) atoms. The zero-order valence-corrected chi connectivity index (χ0v) is 15.9. The van der Waals surface area contributed by atoms with Gasteiger partial charge in [0.2, 0.25) is 5.91 Å². The Morgan fingerprint density at radius 1 is 1.15 bits per heavy atom. The van der Waals surface area contributed by atoms with Crippen molar-refractivity contribution >= 4 is 23.6 Å². The molecule has 2 aromatic carbocycles. The fourth-order valence-electron chi connectivity index (χ4n) is 2.37. The van der Waals surface area contributed by atoms with Crippen molar-refractivity contribution < 1.29 is 19.4 Å². The van der Waals surface area contributed by atoms with Gasteiger partial charge < -0.3 is 15.2 Å². The van der Waals surface area contributed by atoms with Crippen LogP contribution in [-0.4, -0.2) is 29.3 Å². The second-order valence-electron chi connectivity index (χ2n) is 6.10. The number of thioether (sulfide) groups is 1. The quantitative estimate of drug-likeness (QED) is 0.690. The van der Waals surface area contributed by atoms with Gasteiger partial charge in [0.25, 0.3) is 0 Å². The van der Waals surface area contributed by atoms with Crippen molar-refractivity contribution in [3.05, 3.63) is 59.2 Å². The van der Waals surface area contributed by atoms with Crippen LogP contribution in [0.2, 0.25) is 0 Å². The van der Waals surface area contributed by atoms with Gasteiger partial charge in [0.15, 0.2) is 6.61 Å². The highest BCUT2D eigenvalue weighted by atomic mass is 32.2. The van der Waals surface area contributed by atoms with Crippen molar-refractivity contribution in [1.82, 2.24) is 5.32 Å². The van der Waals surface area contributed by atoms with Crippen LogP contribution in [0.15, 0.2) is 47.4 Å². The number of benzene rings is 2. The molecule has 0 aliphatic carbocycles. The maximum absolute atomic E-state index is 12.2. The molecule has 0 heterocycles. The van der Waals surface area contributed by atoms with Gasteiger partial charge in [-0.05, 0) is 50.1 Å². The van der Waals surface area contributed by atoms with Gasteiger partial charge in [-0.3, -0.25) is 4.79 Å². The number of rotatable bonds is 8. The van der Waals surface area contributed by atoms with Gasteiger partial charge in [0, 0.05) is 4.90 Å². The van der Waals surface area contributed by atoms with Crippen molar-refractivity contribution in [3.8, 4) is 5.75 Å². The predicted molar refractivity (Wildman–Crippen MR) is 103 cm³/mol. The monoisotopic (exact) mass is 373 g/mol. The average molecular weight is 373 g/mol. The van der Waals surface area contributed by atoms with E-state index < -0.39 is 5.97 Å². The Morgan fingerprint density at radius 2 is 1.85 bits per heavy atom. The lowest BCUT2D eigenvalue weighted by Gasteiger charge is -2.15. The molecule has 6 heteroatoms. The summed E-state index contributed by atoms with van der Waals surface area (Å²) < 4.78 is 5.10. The molecule has 0 saturated heterocycles. The first kappa shape index (κ1) is 19.8. The van der Waals surface area contributed by atoms with Crippen molar-refractivity contribution in [2.45, 2.75) is 31.7 Å². The standard InChI is InChI=1S/C20H23NO4S/c1-13-4-5-14(2)18(10-13)26-12-19(22)21-15(3)16-6-8-17(9-7-16)25-11-20(23)24/h4-10,15H,11-12H2,1-3H3,(H,21,22)(H,23,24). The zero-order chi connectivity index (χ0) is 19.1. The highest BCUT2D eigenvalue weighted by molar-refractivity contribution is 8.00. The molecule has 2 aromatic rings. The smallest absolute Gasteiger partial charge is 0.341 e. The molecule has 5 nitrogen and oxygen atoms in total. The fraction of sp³-hybridized carbons (Fsp3) is 0.300. The van der Waals surface area contributed by atoms with Crippen LogP contribution in [0.5, 0.6) is 5.75 Å². The van der Waals surface area contributed by atoms with Crippen LogP contribution in [0.1, 0.15) is 29.7 Å². The van der Waals surface area contributed by atoms with E-state index in [1.54, 1.807) is 12.1 Å². The molecule has 1 amide bonds. The van der Waals surface area contributed by atoms with Crippen molar-refractivity contribution in [2.24, 2.45) is 0 Å². The minimum atomic E-state index is -1.02. The molecule has 1 unspecified atom stereocenters. The molecule has 0 aliphatic rings. The molecule has 0 aromatic heterocycles. The van der Waals surface area contributed by atoms with E-state index in [1.807, 2.05) is 32.9 Å². The fourth-order valence-corrected chi connectivity index (χ4v) is 3.31. The molecule has 0 fully saturated rings. The van der Waals surface area contributed by atoms with Crippen molar-refractivity contribution in [1.29, 1.82) is 0 Å². The summed E-state index contributed by atoms with van der Waals surface area (Å²) in [6, 6.07) is 13.1. The van der Waals surface area contributed by atoms with Crippen LogP contribution in [0.4, 0.5) is 0 Å². The van der Waals surface area contributed by atoms with E-state index in [1.165, 1.54) is 22.9 Å². The lowest BCUT2D eigenvalue weighted by atomic mass is 10.1. The highest BCUT2D eigenvalue weighted by Crippen LogP contribution is 2.24. The number of ether oxygens (including phenoxy) is 1. The summed E-state index contributed by atoms with van der Waals surface area (Å²) in [5, 5.41) is 11.6. The first-order valence-corrected chi connectivity index (χ1v) is 9.27. The number of carbonyl (C=O) groups excluding carboxylic acids is 1. The predicted octanol–water partition coefficient (Wildman–Crippen LogP) is 3.74. The minimum Gasteiger partial charge on any atom is -0.482 e. The number of carboxylic acid groups (broad SMARTS) is 1. The summed E-state index contributed by atoms with van der Waals surface area (Å²) in [4.78, 5) is 23.8. The molecule has 2 rings (SSSR count). The average Bonchev–Trinajstić information content (AvgIpc) is 2.61. The summed E-state index contributed by atoms with van der Waals surface area (Å²) in [6.45, 7) is 5.61. The Bertz CT molecular complexity index is 774. The topological polar surface area (TPSA) is 75.6 Å². The van der Waals surface area contributed by atoms with E-state index in [0.29, 0.717) is 11.5 Å². The zero-order valence-electron chi connectivity index (χ0n) is 15.1. The van der Waals surface area contributed by atoms with Crippen molar-refractivity contribution in [3.63, 3.8) is 0 Å². The highest BCUT2D eigenvalue weighted by Gasteiger charge is 2.11. The van der Waals surface area contributed by atoms with Crippen molar-refractivity contribution in [2.75, 3.05) is 12.4 Å². The van der Waals surface area contributed by atoms with Crippen LogP contribution in [0, 0.1) is 13.8 Å². The third-order valence-corrected chi connectivity index (χ3v) is 4.98. The summed E-state index contributed by atoms with van der Waals surface area (Å²) in [7, 11) is 0. The van der Waals surface area contributed by atoms with Crippen LogP contribution >= 0.6 is 11.8 Å². The molecule has 0 saturated carbocycles. The van der Waals surface area contributed by atoms with E-state index in [4.69, 9.17) is 9.84 Å². The minimum absolute atomic E-state index is 0.0328. The third-order valence-electron chi connectivity index (χ3n) is 3.82. The molecular formula is C20H23NO4S. The van der Waals surface area contributed by atoms with E-state index in [0.717, 1.165) is 10.5 Å². The Kier molecular flexibility index (Phi) is 7.09. The van der Waals surface area contributed by atoms with Gasteiger partial charge in [-0.1, -0.05) is 29.8 Å². The maximum Gasteiger partial charge on any atom is 0.341 e. The Hall–Kier alpha value is -2.47. The first-order valence-electron chi connectivity index (χ1n) is 8.29. The molecule has 1 atom stereocenters. The summed E-state index contributed by atoms with van der Waals surface area (Å²) in [5.41, 5.74) is 3.27. The Balaban J connectivity index is 1.86. The maximum atomic E-state index is 12.2. The summed E-state index contributed by atoms with van der Waals surface area (Å²) >= 11 is 1.53. The van der Waals surface area contributed by atoms with Gasteiger partial charge in [0.05, 0.1) is 11.8 Å². The van der Waals surface area contributed by atoms with Gasteiger partial charge in [-0.2, -0.15) is 0 Å². The number of aliphatic carboxylic acids is 1. The molecular weight excluding hydrogens is 350 g/mol. The third kappa shape index (κ3) is 6.11.